The zero-order valence-electron chi connectivity index (χ0n) is 15.7. The van der Waals surface area contributed by atoms with E-state index in [-0.39, 0.29) is 11.1 Å². The third kappa shape index (κ3) is 4.42. The maximum Gasteiger partial charge on any atom is 0.335 e. The van der Waals surface area contributed by atoms with Crippen molar-refractivity contribution in [3.63, 3.8) is 0 Å². The summed E-state index contributed by atoms with van der Waals surface area (Å²) in [4.78, 5) is 23.6. The number of carbonyl (C=O) groups excluding carboxylic acids is 1. The normalized spacial score (nSPS) is 11.0. The standard InChI is InChI=1S/C23H18N2O4/c1-2-29-21-11-10-15(19-8-3-4-9-20(19)21)12-17(14-24)22(26)25-18-7-5-6-16(13-18)23(27)28/h3-13H,2H2,1H3,(H,25,26)(H,27,28)/b17-12-. The van der Waals surface area contributed by atoms with Crippen molar-refractivity contribution in [3.05, 3.63) is 77.4 Å². The molecule has 3 rings (SSSR count). The molecule has 0 aliphatic rings. The molecule has 0 fully saturated rings. The van der Waals surface area contributed by atoms with Crippen molar-refractivity contribution in [1.82, 2.24) is 0 Å². The molecule has 0 unspecified atom stereocenters. The van der Waals surface area contributed by atoms with Crippen LogP contribution in [0.5, 0.6) is 5.75 Å². The lowest BCUT2D eigenvalue weighted by Gasteiger charge is -2.10. The molecule has 0 radical (unpaired) electrons. The summed E-state index contributed by atoms with van der Waals surface area (Å²) < 4.78 is 5.65. The number of carbonyl (C=O) groups is 2. The Hall–Kier alpha value is -4.11. The van der Waals surface area contributed by atoms with Crippen LogP contribution in [0.15, 0.2) is 66.2 Å². The minimum absolute atomic E-state index is 0.0443. The number of hydrogen-bond acceptors (Lipinski definition) is 4. The number of nitriles is 1. The Labute approximate surface area is 167 Å². The summed E-state index contributed by atoms with van der Waals surface area (Å²) in [6, 6.07) is 18.9. The Morgan fingerprint density at radius 3 is 2.55 bits per heavy atom. The Morgan fingerprint density at radius 2 is 1.86 bits per heavy atom. The van der Waals surface area contributed by atoms with Crippen LogP contribution in [0.3, 0.4) is 0 Å². The van der Waals surface area contributed by atoms with Crippen LogP contribution in [-0.2, 0) is 4.79 Å². The lowest BCUT2D eigenvalue weighted by atomic mass is 10.0. The molecule has 0 saturated heterocycles. The number of nitrogens with zero attached hydrogens (tertiary/aromatic N) is 1. The quantitative estimate of drug-likeness (QED) is 0.481. The van der Waals surface area contributed by atoms with Crippen LogP contribution in [-0.4, -0.2) is 23.6 Å². The largest absolute Gasteiger partial charge is 0.493 e. The Morgan fingerprint density at radius 1 is 1.10 bits per heavy atom. The first kappa shape index (κ1) is 19.6. The monoisotopic (exact) mass is 386 g/mol. The number of ether oxygens (including phenoxy) is 1. The molecule has 3 aromatic carbocycles. The van der Waals surface area contributed by atoms with Crippen LogP contribution in [0.1, 0.15) is 22.8 Å². The first-order valence-electron chi connectivity index (χ1n) is 8.94. The summed E-state index contributed by atoms with van der Waals surface area (Å²) in [7, 11) is 0. The van der Waals surface area contributed by atoms with Crippen molar-refractivity contribution in [2.75, 3.05) is 11.9 Å². The van der Waals surface area contributed by atoms with Gasteiger partial charge in [0.05, 0.1) is 12.2 Å². The average Bonchev–Trinajstić information content (AvgIpc) is 2.73. The third-order valence-electron chi connectivity index (χ3n) is 4.25. The fraction of sp³-hybridized carbons (Fsp3) is 0.0870. The van der Waals surface area contributed by atoms with Gasteiger partial charge in [-0.05, 0) is 48.2 Å². The molecule has 0 aliphatic heterocycles. The lowest BCUT2D eigenvalue weighted by Crippen LogP contribution is -2.14. The number of amides is 1. The van der Waals surface area contributed by atoms with Crippen LogP contribution in [0.2, 0.25) is 0 Å². The van der Waals surface area contributed by atoms with Gasteiger partial charge in [0.15, 0.2) is 0 Å². The summed E-state index contributed by atoms with van der Waals surface area (Å²) in [6.45, 7) is 2.43. The summed E-state index contributed by atoms with van der Waals surface area (Å²) >= 11 is 0. The van der Waals surface area contributed by atoms with Gasteiger partial charge >= 0.3 is 5.97 Å². The third-order valence-corrected chi connectivity index (χ3v) is 4.25. The molecule has 0 atom stereocenters. The van der Waals surface area contributed by atoms with Crippen LogP contribution in [0.25, 0.3) is 16.8 Å². The highest BCUT2D eigenvalue weighted by Crippen LogP contribution is 2.30. The SMILES string of the molecule is CCOc1ccc(/C=C(/C#N)C(=O)Nc2cccc(C(=O)O)c2)c2ccccc12. The Balaban J connectivity index is 1.95. The first-order valence-corrected chi connectivity index (χ1v) is 8.94. The van der Waals surface area contributed by atoms with Crippen LogP contribution in [0, 0.1) is 11.3 Å². The molecule has 2 N–H and O–H groups in total. The molecule has 0 bridgehead atoms. The van der Waals surface area contributed by atoms with E-state index in [9.17, 15) is 14.9 Å². The number of nitrogens with one attached hydrogen (secondary N) is 1. The highest BCUT2D eigenvalue weighted by Gasteiger charge is 2.13. The highest BCUT2D eigenvalue weighted by molar-refractivity contribution is 6.11. The Bertz CT molecular complexity index is 1160. The number of rotatable bonds is 6. The smallest absolute Gasteiger partial charge is 0.335 e. The molecule has 0 aliphatic carbocycles. The number of carboxylic acid groups (broad SMARTS) is 1. The van der Waals surface area contributed by atoms with Gasteiger partial charge in [0.25, 0.3) is 5.91 Å². The minimum Gasteiger partial charge on any atom is -0.493 e. The van der Waals surface area contributed by atoms with E-state index in [0.717, 1.165) is 16.5 Å². The van der Waals surface area contributed by atoms with E-state index in [0.29, 0.717) is 17.9 Å². The van der Waals surface area contributed by atoms with Gasteiger partial charge in [-0.2, -0.15) is 5.26 Å². The first-order chi connectivity index (χ1) is 14.0. The lowest BCUT2D eigenvalue weighted by molar-refractivity contribution is -0.112. The van der Waals surface area contributed by atoms with Crippen LogP contribution in [0.4, 0.5) is 5.69 Å². The number of aromatic carboxylic acids is 1. The van der Waals surface area contributed by atoms with Gasteiger partial charge in [-0.15, -0.1) is 0 Å². The molecule has 1 amide bonds. The zero-order valence-corrected chi connectivity index (χ0v) is 15.7. The van der Waals surface area contributed by atoms with Crippen LogP contribution >= 0.6 is 0 Å². The molecule has 144 valence electrons. The van der Waals surface area contributed by atoms with Gasteiger partial charge in [-0.25, -0.2) is 4.79 Å². The minimum atomic E-state index is -1.10. The van der Waals surface area contributed by atoms with Crippen molar-refractivity contribution < 1.29 is 19.4 Å². The van der Waals surface area contributed by atoms with Crippen molar-refractivity contribution in [3.8, 4) is 11.8 Å². The van der Waals surface area contributed by atoms with Crippen molar-refractivity contribution >= 4 is 34.4 Å². The van der Waals surface area contributed by atoms with Gasteiger partial charge in [-0.1, -0.05) is 36.4 Å². The highest BCUT2D eigenvalue weighted by atomic mass is 16.5. The zero-order chi connectivity index (χ0) is 20.8. The van der Waals surface area contributed by atoms with Crippen molar-refractivity contribution in [2.45, 2.75) is 6.92 Å². The molecule has 0 heterocycles. The molecule has 6 nitrogen and oxygen atoms in total. The number of anilines is 1. The number of hydrogen-bond donors (Lipinski definition) is 2. The predicted molar refractivity (Wildman–Crippen MR) is 111 cm³/mol. The molecule has 0 saturated carbocycles. The van der Waals surface area contributed by atoms with Crippen molar-refractivity contribution in [2.24, 2.45) is 0 Å². The molecule has 0 aromatic heterocycles. The summed E-state index contributed by atoms with van der Waals surface area (Å²) in [6.07, 6.45) is 1.51. The summed E-state index contributed by atoms with van der Waals surface area (Å²) in [5.41, 5.74) is 0.950. The van der Waals surface area contributed by atoms with Gasteiger partial charge in [0.1, 0.15) is 17.4 Å². The second-order valence-corrected chi connectivity index (χ2v) is 6.14. The number of fused-ring (bicyclic) bond motifs is 1. The Kier molecular flexibility index (Phi) is 5.91. The van der Waals surface area contributed by atoms with E-state index in [1.165, 1.54) is 24.3 Å². The molecule has 0 spiro atoms. The van der Waals surface area contributed by atoms with Gasteiger partial charge in [-0.3, -0.25) is 4.79 Å². The van der Waals surface area contributed by atoms with E-state index < -0.39 is 11.9 Å². The van der Waals surface area contributed by atoms with E-state index >= 15 is 0 Å². The van der Waals surface area contributed by atoms with Crippen LogP contribution < -0.4 is 10.1 Å². The molecule has 3 aromatic rings. The maximum absolute atomic E-state index is 12.6. The average molecular weight is 386 g/mol. The summed E-state index contributed by atoms with van der Waals surface area (Å²) in [5, 5.41) is 22.9. The molecular formula is C23H18N2O4. The fourth-order valence-electron chi connectivity index (χ4n) is 2.93. The maximum atomic E-state index is 12.6. The van der Waals surface area contributed by atoms with Gasteiger partial charge in [0, 0.05) is 11.1 Å². The fourth-order valence-corrected chi connectivity index (χ4v) is 2.93. The molecule has 29 heavy (non-hydrogen) atoms. The van der Waals surface area contributed by atoms with E-state index in [2.05, 4.69) is 5.32 Å². The second kappa shape index (κ2) is 8.72. The van der Waals surface area contributed by atoms with Gasteiger partial charge < -0.3 is 15.2 Å². The van der Waals surface area contributed by atoms with E-state index in [1.807, 2.05) is 37.3 Å². The predicted octanol–water partition coefficient (Wildman–Crippen LogP) is 4.48. The second-order valence-electron chi connectivity index (χ2n) is 6.14. The van der Waals surface area contributed by atoms with Gasteiger partial charge in [0.2, 0.25) is 0 Å². The number of benzene rings is 3. The topological polar surface area (TPSA) is 99.4 Å². The van der Waals surface area contributed by atoms with Crippen molar-refractivity contribution in [1.29, 1.82) is 5.26 Å². The summed E-state index contributed by atoms with van der Waals surface area (Å²) in [5.74, 6) is -0.986. The van der Waals surface area contributed by atoms with E-state index in [4.69, 9.17) is 9.84 Å². The molecular weight excluding hydrogens is 368 g/mol. The van der Waals surface area contributed by atoms with E-state index in [1.54, 1.807) is 18.2 Å². The number of carboxylic acids is 1. The molecule has 6 heteroatoms.